The molecule has 26 heavy (non-hydrogen) atoms. The number of rotatable bonds is 4. The van der Waals surface area contributed by atoms with Gasteiger partial charge in [-0.15, -0.1) is 22.7 Å². The fourth-order valence-corrected chi connectivity index (χ4v) is 5.14. The minimum atomic E-state index is -0.619. The number of fused-ring (bicyclic) bond motifs is 2. The molecule has 0 aliphatic heterocycles. The van der Waals surface area contributed by atoms with E-state index in [4.69, 9.17) is 9.47 Å². The van der Waals surface area contributed by atoms with Crippen LogP contribution < -0.4 is 0 Å². The molecule has 2 heterocycles. The molecule has 0 N–H and O–H groups in total. The Hall–Kier alpha value is -2.32. The Labute approximate surface area is 157 Å². The van der Waals surface area contributed by atoms with Crippen molar-refractivity contribution >= 4 is 46.2 Å². The quantitative estimate of drug-likeness (QED) is 0.631. The van der Waals surface area contributed by atoms with Crippen LogP contribution in [0.5, 0.6) is 0 Å². The maximum absolute atomic E-state index is 13.0. The topological polar surface area (TPSA) is 86.7 Å². The van der Waals surface area contributed by atoms with E-state index in [1.54, 1.807) is 27.7 Å². The van der Waals surface area contributed by atoms with Gasteiger partial charge in [-0.3, -0.25) is 9.59 Å². The number of carbonyl (C=O) groups is 4. The molecule has 2 aromatic rings. The van der Waals surface area contributed by atoms with E-state index in [-0.39, 0.29) is 45.2 Å². The van der Waals surface area contributed by atoms with E-state index in [1.165, 1.54) is 0 Å². The lowest BCUT2D eigenvalue weighted by Gasteiger charge is -2.13. The summed E-state index contributed by atoms with van der Waals surface area (Å²) in [6.45, 7) is 7.02. The van der Waals surface area contributed by atoms with E-state index in [2.05, 4.69) is 0 Å². The third-order valence-corrected chi connectivity index (χ3v) is 6.20. The lowest BCUT2D eigenvalue weighted by molar-refractivity contribution is 0.0513. The lowest BCUT2D eigenvalue weighted by Crippen LogP contribution is -2.22. The molecule has 0 aromatic carbocycles. The summed E-state index contributed by atoms with van der Waals surface area (Å²) in [5.74, 6) is -2.09. The van der Waals surface area contributed by atoms with Crippen molar-refractivity contribution in [2.45, 2.75) is 27.7 Å². The molecule has 0 unspecified atom stereocenters. The highest BCUT2D eigenvalue weighted by atomic mass is 32.1. The second-order valence-electron chi connectivity index (χ2n) is 5.57. The van der Waals surface area contributed by atoms with Crippen molar-refractivity contribution < 1.29 is 28.7 Å². The van der Waals surface area contributed by atoms with Crippen LogP contribution in [0.4, 0.5) is 0 Å². The van der Waals surface area contributed by atoms with E-state index in [9.17, 15) is 19.2 Å². The fourth-order valence-electron chi connectivity index (χ4n) is 2.97. The van der Waals surface area contributed by atoms with E-state index < -0.39 is 23.5 Å². The maximum atomic E-state index is 13.0. The number of hydrogen-bond acceptors (Lipinski definition) is 8. The Morgan fingerprint density at radius 2 is 1.12 bits per heavy atom. The second kappa shape index (κ2) is 6.77. The van der Waals surface area contributed by atoms with Crippen LogP contribution in [-0.2, 0) is 9.47 Å². The first-order valence-electron chi connectivity index (χ1n) is 8.03. The van der Waals surface area contributed by atoms with Crippen LogP contribution in [0.2, 0.25) is 0 Å². The van der Waals surface area contributed by atoms with Crippen molar-refractivity contribution in [1.29, 1.82) is 0 Å². The van der Waals surface area contributed by atoms with Gasteiger partial charge in [0.05, 0.1) is 45.2 Å². The van der Waals surface area contributed by atoms with Gasteiger partial charge in [0.2, 0.25) is 11.6 Å². The zero-order valence-corrected chi connectivity index (χ0v) is 16.3. The van der Waals surface area contributed by atoms with Gasteiger partial charge >= 0.3 is 11.9 Å². The number of esters is 2. The zero-order chi connectivity index (χ0) is 19.2. The van der Waals surface area contributed by atoms with Crippen LogP contribution in [0.1, 0.15) is 74.8 Å². The van der Waals surface area contributed by atoms with E-state index in [1.807, 2.05) is 0 Å². The second-order valence-corrected chi connectivity index (χ2v) is 8.02. The molecule has 0 bridgehead atoms. The molecule has 0 atom stereocenters. The van der Waals surface area contributed by atoms with Gasteiger partial charge in [0, 0.05) is 9.75 Å². The summed E-state index contributed by atoms with van der Waals surface area (Å²) in [6, 6.07) is 0. The first kappa shape index (κ1) is 18.5. The summed E-state index contributed by atoms with van der Waals surface area (Å²) < 4.78 is 10.1. The van der Waals surface area contributed by atoms with Crippen LogP contribution >= 0.6 is 22.7 Å². The highest BCUT2D eigenvalue weighted by Gasteiger charge is 2.41. The molecule has 0 saturated heterocycles. The molecule has 0 amide bonds. The van der Waals surface area contributed by atoms with Crippen molar-refractivity contribution in [3.63, 3.8) is 0 Å². The number of carbonyl (C=O) groups excluding carboxylic acids is 4. The summed E-state index contributed by atoms with van der Waals surface area (Å²) in [7, 11) is 0. The van der Waals surface area contributed by atoms with E-state index >= 15 is 0 Å². The first-order valence-corrected chi connectivity index (χ1v) is 9.67. The Kier molecular flexibility index (Phi) is 4.81. The maximum Gasteiger partial charge on any atom is 0.340 e. The summed E-state index contributed by atoms with van der Waals surface area (Å²) in [4.78, 5) is 52.1. The number of aryl methyl sites for hydroxylation is 2. The zero-order valence-electron chi connectivity index (χ0n) is 14.7. The van der Waals surface area contributed by atoms with Gasteiger partial charge < -0.3 is 9.47 Å². The van der Waals surface area contributed by atoms with Gasteiger partial charge in [-0.2, -0.15) is 0 Å². The van der Waals surface area contributed by atoms with E-state index in [0.29, 0.717) is 9.75 Å². The number of ketones is 2. The molecule has 8 heteroatoms. The first-order chi connectivity index (χ1) is 12.3. The van der Waals surface area contributed by atoms with Crippen LogP contribution in [0.25, 0.3) is 0 Å². The molecule has 0 spiro atoms. The molecule has 6 nitrogen and oxygen atoms in total. The van der Waals surface area contributed by atoms with Gasteiger partial charge in [-0.1, -0.05) is 0 Å². The van der Waals surface area contributed by atoms with Crippen molar-refractivity contribution in [1.82, 2.24) is 0 Å². The molecular formula is C18H16O6S2. The van der Waals surface area contributed by atoms with Gasteiger partial charge in [0.25, 0.3) is 0 Å². The average molecular weight is 392 g/mol. The fraction of sp³-hybridized carbons (Fsp3) is 0.333. The summed E-state index contributed by atoms with van der Waals surface area (Å²) in [5.41, 5.74) is 0.444. The van der Waals surface area contributed by atoms with Crippen molar-refractivity contribution in [3.05, 3.63) is 41.8 Å². The number of thiophene rings is 2. The molecular weight excluding hydrogens is 376 g/mol. The van der Waals surface area contributed by atoms with Gasteiger partial charge in [0.1, 0.15) is 0 Å². The highest BCUT2D eigenvalue weighted by molar-refractivity contribution is 7.17. The van der Waals surface area contributed by atoms with Crippen LogP contribution in [0, 0.1) is 13.8 Å². The van der Waals surface area contributed by atoms with Crippen LogP contribution in [0.3, 0.4) is 0 Å². The standard InChI is InChI=1S/C18H16O6S2/c1-5-23-17(21)9-7(3)25-15-11(9)13(19)16-12(14(15)20)10(8(4)26-16)18(22)24-6-2/h5-6H2,1-4H3. The van der Waals surface area contributed by atoms with Gasteiger partial charge in [-0.05, 0) is 27.7 Å². The average Bonchev–Trinajstić information content (AvgIpc) is 3.11. The smallest absolute Gasteiger partial charge is 0.340 e. The van der Waals surface area contributed by atoms with Crippen molar-refractivity contribution in [2.24, 2.45) is 0 Å². The molecule has 1 aliphatic rings. The molecule has 2 aromatic heterocycles. The SMILES string of the molecule is CCOC(=O)c1c(C)sc2c1C(=O)c1sc(C)c(C(=O)OCC)c1C2=O. The minimum absolute atomic E-state index is 0.0834. The van der Waals surface area contributed by atoms with Crippen molar-refractivity contribution in [3.8, 4) is 0 Å². The molecule has 136 valence electrons. The monoisotopic (exact) mass is 392 g/mol. The molecule has 0 fully saturated rings. The normalized spacial score (nSPS) is 12.6. The summed E-state index contributed by atoms with van der Waals surface area (Å²) in [6.07, 6.45) is 0. The van der Waals surface area contributed by atoms with Crippen molar-refractivity contribution in [2.75, 3.05) is 13.2 Å². The third-order valence-electron chi connectivity index (χ3n) is 3.99. The van der Waals surface area contributed by atoms with E-state index in [0.717, 1.165) is 22.7 Å². The molecule has 0 radical (unpaired) electrons. The predicted molar refractivity (Wildman–Crippen MR) is 96.9 cm³/mol. The Bertz CT molecular complexity index is 885. The van der Waals surface area contributed by atoms with Crippen LogP contribution in [0.15, 0.2) is 0 Å². The summed E-state index contributed by atoms with van der Waals surface area (Å²) >= 11 is 2.14. The minimum Gasteiger partial charge on any atom is -0.462 e. The highest BCUT2D eigenvalue weighted by Crippen LogP contribution is 2.42. The summed E-state index contributed by atoms with van der Waals surface area (Å²) in [5, 5.41) is 0. The lowest BCUT2D eigenvalue weighted by atomic mass is 9.89. The molecule has 3 rings (SSSR count). The van der Waals surface area contributed by atoms with Gasteiger partial charge in [0.15, 0.2) is 0 Å². The number of hydrogen-bond donors (Lipinski definition) is 0. The Morgan fingerprint density at radius 3 is 1.42 bits per heavy atom. The third kappa shape index (κ3) is 2.60. The number of ether oxygens (including phenoxy) is 2. The Balaban J connectivity index is 2.21. The Morgan fingerprint density at radius 1 is 0.769 bits per heavy atom. The predicted octanol–water partition coefficient (Wildman–Crippen LogP) is 3.56. The molecule has 1 aliphatic carbocycles. The van der Waals surface area contributed by atoms with Gasteiger partial charge in [-0.25, -0.2) is 9.59 Å². The van der Waals surface area contributed by atoms with Crippen LogP contribution in [-0.4, -0.2) is 36.7 Å². The molecule has 0 saturated carbocycles. The largest absolute Gasteiger partial charge is 0.462 e.